The molecule has 1 fully saturated rings. The SMILES string of the molecule is Cc1cc(F)ccc1CN1CCCC(C#N)C1. The molecule has 17 heavy (non-hydrogen) atoms. The van der Waals surface area contributed by atoms with E-state index in [0.717, 1.165) is 43.6 Å². The fourth-order valence-electron chi connectivity index (χ4n) is 2.38. The summed E-state index contributed by atoms with van der Waals surface area (Å²) >= 11 is 0. The van der Waals surface area contributed by atoms with E-state index in [0.29, 0.717) is 0 Å². The maximum Gasteiger partial charge on any atom is 0.123 e. The van der Waals surface area contributed by atoms with Gasteiger partial charge in [0.15, 0.2) is 0 Å². The highest BCUT2D eigenvalue weighted by Crippen LogP contribution is 2.19. The molecule has 0 radical (unpaired) electrons. The average Bonchev–Trinajstić information content (AvgIpc) is 2.33. The highest BCUT2D eigenvalue weighted by molar-refractivity contribution is 5.26. The van der Waals surface area contributed by atoms with Crippen molar-refractivity contribution in [1.29, 1.82) is 5.26 Å². The van der Waals surface area contributed by atoms with E-state index in [4.69, 9.17) is 5.26 Å². The number of rotatable bonds is 2. The second-order valence-electron chi connectivity index (χ2n) is 4.77. The van der Waals surface area contributed by atoms with E-state index in [1.807, 2.05) is 13.0 Å². The van der Waals surface area contributed by atoms with Crippen LogP contribution in [0.1, 0.15) is 24.0 Å². The summed E-state index contributed by atoms with van der Waals surface area (Å²) in [6.07, 6.45) is 2.09. The predicted octanol–water partition coefficient (Wildman–Crippen LogP) is 2.87. The minimum atomic E-state index is -0.181. The lowest BCUT2D eigenvalue weighted by molar-refractivity contribution is 0.192. The zero-order valence-corrected chi connectivity index (χ0v) is 10.1. The van der Waals surface area contributed by atoms with Crippen LogP contribution in [0.15, 0.2) is 18.2 Å². The second-order valence-corrected chi connectivity index (χ2v) is 4.77. The summed E-state index contributed by atoms with van der Waals surface area (Å²) in [4.78, 5) is 2.29. The van der Waals surface area contributed by atoms with E-state index in [-0.39, 0.29) is 11.7 Å². The van der Waals surface area contributed by atoms with Crippen LogP contribution in [0, 0.1) is 30.0 Å². The molecule has 0 bridgehead atoms. The van der Waals surface area contributed by atoms with Crippen molar-refractivity contribution in [3.63, 3.8) is 0 Å². The normalized spacial score (nSPS) is 21.1. The van der Waals surface area contributed by atoms with Crippen LogP contribution in [0.3, 0.4) is 0 Å². The minimum Gasteiger partial charge on any atom is -0.298 e. The van der Waals surface area contributed by atoms with Crippen LogP contribution in [-0.2, 0) is 6.54 Å². The third kappa shape index (κ3) is 3.04. The van der Waals surface area contributed by atoms with Crippen molar-refractivity contribution in [2.75, 3.05) is 13.1 Å². The summed E-state index contributed by atoms with van der Waals surface area (Å²) in [6, 6.07) is 7.27. The Morgan fingerprint density at radius 1 is 1.53 bits per heavy atom. The van der Waals surface area contributed by atoms with Crippen molar-refractivity contribution >= 4 is 0 Å². The van der Waals surface area contributed by atoms with E-state index in [1.165, 1.54) is 6.07 Å². The average molecular weight is 232 g/mol. The lowest BCUT2D eigenvalue weighted by Crippen LogP contribution is -2.34. The van der Waals surface area contributed by atoms with E-state index in [2.05, 4.69) is 11.0 Å². The van der Waals surface area contributed by atoms with Gasteiger partial charge >= 0.3 is 0 Å². The molecule has 1 aliphatic rings. The van der Waals surface area contributed by atoms with Crippen LogP contribution in [0.4, 0.5) is 4.39 Å². The first-order valence-electron chi connectivity index (χ1n) is 6.06. The van der Waals surface area contributed by atoms with E-state index >= 15 is 0 Å². The van der Waals surface area contributed by atoms with Crippen LogP contribution in [-0.4, -0.2) is 18.0 Å². The van der Waals surface area contributed by atoms with Crippen molar-refractivity contribution in [3.05, 3.63) is 35.1 Å². The highest BCUT2D eigenvalue weighted by Gasteiger charge is 2.19. The molecule has 0 saturated carbocycles. The Kier molecular flexibility index (Phi) is 3.75. The molecule has 1 unspecified atom stereocenters. The van der Waals surface area contributed by atoms with Gasteiger partial charge in [-0.15, -0.1) is 0 Å². The monoisotopic (exact) mass is 232 g/mol. The molecule has 1 atom stereocenters. The van der Waals surface area contributed by atoms with Gasteiger partial charge in [-0.2, -0.15) is 5.26 Å². The number of aryl methyl sites for hydroxylation is 1. The molecule has 2 nitrogen and oxygen atoms in total. The van der Waals surface area contributed by atoms with Gasteiger partial charge in [-0.05, 0) is 49.6 Å². The van der Waals surface area contributed by atoms with Crippen LogP contribution in [0.2, 0.25) is 0 Å². The van der Waals surface area contributed by atoms with Gasteiger partial charge in [-0.1, -0.05) is 6.07 Å². The number of likely N-dealkylation sites (tertiary alicyclic amines) is 1. The maximum atomic E-state index is 13.0. The Labute approximate surface area is 102 Å². The fourth-order valence-corrected chi connectivity index (χ4v) is 2.38. The van der Waals surface area contributed by atoms with Gasteiger partial charge < -0.3 is 0 Å². The van der Waals surface area contributed by atoms with Gasteiger partial charge in [0.2, 0.25) is 0 Å². The third-order valence-electron chi connectivity index (χ3n) is 3.39. The van der Waals surface area contributed by atoms with E-state index < -0.39 is 0 Å². The highest BCUT2D eigenvalue weighted by atomic mass is 19.1. The van der Waals surface area contributed by atoms with Crippen LogP contribution in [0.5, 0.6) is 0 Å². The standard InChI is InChI=1S/C14H17FN2/c1-11-7-14(15)5-4-13(11)10-17-6-2-3-12(8-16)9-17/h4-5,7,12H,2-3,6,9-10H2,1H3. The first kappa shape index (κ1) is 12.1. The summed E-state index contributed by atoms with van der Waals surface area (Å²) in [5.74, 6) is -0.0238. The molecule has 0 amide bonds. The predicted molar refractivity (Wildman–Crippen MR) is 64.8 cm³/mol. The number of hydrogen-bond acceptors (Lipinski definition) is 2. The first-order chi connectivity index (χ1) is 8.19. The largest absolute Gasteiger partial charge is 0.298 e. The van der Waals surface area contributed by atoms with Crippen molar-refractivity contribution in [3.8, 4) is 6.07 Å². The number of nitrogens with zero attached hydrogens (tertiary/aromatic N) is 2. The van der Waals surface area contributed by atoms with E-state index in [1.54, 1.807) is 6.07 Å². The third-order valence-corrected chi connectivity index (χ3v) is 3.39. The molecule has 1 aromatic rings. The quantitative estimate of drug-likeness (QED) is 0.784. The summed E-state index contributed by atoms with van der Waals surface area (Å²) < 4.78 is 13.0. The molecular weight excluding hydrogens is 215 g/mol. The molecule has 1 aromatic carbocycles. The molecule has 0 aliphatic carbocycles. The van der Waals surface area contributed by atoms with Gasteiger partial charge in [-0.3, -0.25) is 4.90 Å². The smallest absolute Gasteiger partial charge is 0.123 e. The second kappa shape index (κ2) is 5.29. The molecule has 0 N–H and O–H groups in total. The van der Waals surface area contributed by atoms with Crippen LogP contribution in [0.25, 0.3) is 0 Å². The zero-order chi connectivity index (χ0) is 12.3. The summed E-state index contributed by atoms with van der Waals surface area (Å²) in [5.41, 5.74) is 2.15. The molecule has 2 rings (SSSR count). The zero-order valence-electron chi connectivity index (χ0n) is 10.1. The van der Waals surface area contributed by atoms with Gasteiger partial charge in [0.05, 0.1) is 12.0 Å². The Bertz CT molecular complexity index is 436. The number of halogens is 1. The van der Waals surface area contributed by atoms with Gasteiger partial charge in [-0.25, -0.2) is 4.39 Å². The van der Waals surface area contributed by atoms with Crippen molar-refractivity contribution in [1.82, 2.24) is 4.90 Å². The minimum absolute atomic E-state index is 0.157. The van der Waals surface area contributed by atoms with E-state index in [9.17, 15) is 4.39 Å². The molecule has 1 heterocycles. The molecule has 1 aliphatic heterocycles. The summed E-state index contributed by atoms with van der Waals surface area (Å²) in [6.45, 7) is 4.64. The Morgan fingerprint density at radius 3 is 3.06 bits per heavy atom. The Balaban J connectivity index is 2.03. The number of piperidine rings is 1. The fraction of sp³-hybridized carbons (Fsp3) is 0.500. The number of nitriles is 1. The Hall–Kier alpha value is -1.40. The van der Waals surface area contributed by atoms with Gasteiger partial charge in [0, 0.05) is 13.1 Å². The van der Waals surface area contributed by atoms with Crippen LogP contribution >= 0.6 is 0 Å². The van der Waals surface area contributed by atoms with Gasteiger partial charge in [0.25, 0.3) is 0 Å². The molecule has 0 aromatic heterocycles. The first-order valence-corrected chi connectivity index (χ1v) is 6.06. The van der Waals surface area contributed by atoms with Gasteiger partial charge in [0.1, 0.15) is 5.82 Å². The van der Waals surface area contributed by atoms with Crippen molar-refractivity contribution < 1.29 is 4.39 Å². The van der Waals surface area contributed by atoms with Crippen molar-refractivity contribution in [2.24, 2.45) is 5.92 Å². The molecule has 0 spiro atoms. The topological polar surface area (TPSA) is 27.0 Å². The maximum absolute atomic E-state index is 13.0. The number of benzene rings is 1. The molecule has 1 saturated heterocycles. The molecule has 90 valence electrons. The Morgan fingerprint density at radius 2 is 2.35 bits per heavy atom. The summed E-state index contributed by atoms with van der Waals surface area (Å²) in [5, 5.41) is 8.94. The van der Waals surface area contributed by atoms with Crippen LogP contribution < -0.4 is 0 Å². The van der Waals surface area contributed by atoms with Crippen molar-refractivity contribution in [2.45, 2.75) is 26.3 Å². The summed E-state index contributed by atoms with van der Waals surface area (Å²) in [7, 11) is 0. The molecule has 3 heteroatoms. The molecular formula is C14H17FN2. The lowest BCUT2D eigenvalue weighted by atomic mass is 9.98. The lowest BCUT2D eigenvalue weighted by Gasteiger charge is -2.29. The number of hydrogen-bond donors (Lipinski definition) is 0.